The van der Waals surface area contributed by atoms with Gasteiger partial charge in [-0.1, -0.05) is 56.4 Å². The lowest BCUT2D eigenvalue weighted by Crippen LogP contribution is -2.40. The van der Waals surface area contributed by atoms with E-state index in [1.165, 1.54) is 0 Å². The fraction of sp³-hybridized carbons (Fsp3) is 0.417. The van der Waals surface area contributed by atoms with Crippen molar-refractivity contribution in [3.63, 3.8) is 0 Å². The molecule has 0 aliphatic heterocycles. The van der Waals surface area contributed by atoms with Gasteiger partial charge in [-0.3, -0.25) is 0 Å². The fourth-order valence-electron chi connectivity index (χ4n) is 1.26. The summed E-state index contributed by atoms with van der Waals surface area (Å²) in [5, 5.41) is 12.3. The zero-order valence-electron chi connectivity index (χ0n) is 9.10. The first-order valence-corrected chi connectivity index (χ1v) is 5.52. The van der Waals surface area contributed by atoms with Crippen LogP contribution in [-0.4, -0.2) is 22.7 Å². The highest BCUT2D eigenvalue weighted by Crippen LogP contribution is 2.04. The molecule has 1 rings (SSSR count). The molecule has 0 aliphatic rings. The van der Waals surface area contributed by atoms with Crippen molar-refractivity contribution >= 4 is 17.2 Å². The first kappa shape index (κ1) is 12.1. The minimum Gasteiger partial charge on any atom is -0.394 e. The molecule has 0 spiro atoms. The third-order valence-corrected chi connectivity index (χ3v) is 2.71. The van der Waals surface area contributed by atoms with Crippen LogP contribution in [0.15, 0.2) is 30.3 Å². The standard InChI is InChI=1S/C12H17NOS/c1-9(2)11(8-14)13-12(15)10-6-4-3-5-7-10/h3-7,9,11,14H,8H2,1-2H3,(H,13,15)/t11-/m0/s1. The Morgan fingerprint density at radius 1 is 1.33 bits per heavy atom. The molecule has 1 aromatic carbocycles. The summed E-state index contributed by atoms with van der Waals surface area (Å²) in [5.74, 6) is 0.358. The molecule has 0 bridgehead atoms. The van der Waals surface area contributed by atoms with Crippen LogP contribution in [-0.2, 0) is 0 Å². The molecule has 82 valence electrons. The Morgan fingerprint density at radius 3 is 2.40 bits per heavy atom. The van der Waals surface area contributed by atoms with Gasteiger partial charge in [0, 0.05) is 5.56 Å². The predicted molar refractivity (Wildman–Crippen MR) is 67.0 cm³/mol. The Hall–Kier alpha value is -0.930. The van der Waals surface area contributed by atoms with Crippen LogP contribution in [0.1, 0.15) is 19.4 Å². The average Bonchev–Trinajstić information content (AvgIpc) is 2.26. The van der Waals surface area contributed by atoms with Gasteiger partial charge in [0.05, 0.1) is 12.6 Å². The molecule has 0 amide bonds. The van der Waals surface area contributed by atoms with E-state index in [4.69, 9.17) is 12.2 Å². The third kappa shape index (κ3) is 3.61. The maximum Gasteiger partial charge on any atom is 0.106 e. The van der Waals surface area contributed by atoms with Crippen molar-refractivity contribution in [1.29, 1.82) is 0 Å². The van der Waals surface area contributed by atoms with Crippen LogP contribution >= 0.6 is 12.2 Å². The normalized spacial score (nSPS) is 12.5. The number of aliphatic hydroxyl groups is 1. The molecular formula is C12H17NOS. The summed E-state index contributed by atoms with van der Waals surface area (Å²) in [6, 6.07) is 9.81. The zero-order chi connectivity index (χ0) is 11.3. The van der Waals surface area contributed by atoms with E-state index < -0.39 is 0 Å². The Morgan fingerprint density at radius 2 is 1.93 bits per heavy atom. The van der Waals surface area contributed by atoms with Crippen LogP contribution in [0.5, 0.6) is 0 Å². The lowest BCUT2D eigenvalue weighted by atomic mass is 10.1. The van der Waals surface area contributed by atoms with Crippen LogP contribution in [0.3, 0.4) is 0 Å². The molecule has 0 heterocycles. The number of nitrogens with one attached hydrogen (secondary N) is 1. The minimum absolute atomic E-state index is 0.0257. The highest BCUT2D eigenvalue weighted by Gasteiger charge is 2.13. The van der Waals surface area contributed by atoms with Crippen molar-refractivity contribution in [2.24, 2.45) is 5.92 Å². The van der Waals surface area contributed by atoms with E-state index in [2.05, 4.69) is 19.2 Å². The SMILES string of the molecule is CC(C)[C@H](CO)NC(=S)c1ccccc1. The molecule has 0 saturated heterocycles. The quantitative estimate of drug-likeness (QED) is 0.765. The molecule has 0 fully saturated rings. The van der Waals surface area contributed by atoms with Gasteiger partial charge in [0.2, 0.25) is 0 Å². The number of rotatable bonds is 4. The molecule has 2 nitrogen and oxygen atoms in total. The van der Waals surface area contributed by atoms with E-state index in [1.807, 2.05) is 30.3 Å². The van der Waals surface area contributed by atoms with Crippen molar-refractivity contribution in [2.45, 2.75) is 19.9 Å². The molecule has 0 unspecified atom stereocenters. The molecule has 0 aromatic heterocycles. The maximum atomic E-state index is 9.17. The predicted octanol–water partition coefficient (Wildman–Crippen LogP) is 1.97. The van der Waals surface area contributed by atoms with Crippen molar-refractivity contribution in [2.75, 3.05) is 6.61 Å². The van der Waals surface area contributed by atoms with Gasteiger partial charge in [0.25, 0.3) is 0 Å². The van der Waals surface area contributed by atoms with E-state index in [1.54, 1.807) is 0 Å². The van der Waals surface area contributed by atoms with Crippen LogP contribution in [0.2, 0.25) is 0 Å². The zero-order valence-corrected chi connectivity index (χ0v) is 9.92. The summed E-state index contributed by atoms with van der Waals surface area (Å²) < 4.78 is 0. The summed E-state index contributed by atoms with van der Waals surface area (Å²) in [6.07, 6.45) is 0. The second-order valence-corrected chi connectivity index (χ2v) is 4.28. The van der Waals surface area contributed by atoms with Crippen molar-refractivity contribution in [3.8, 4) is 0 Å². The number of hydrogen-bond acceptors (Lipinski definition) is 2. The fourth-order valence-corrected chi connectivity index (χ4v) is 1.55. The topological polar surface area (TPSA) is 32.3 Å². The summed E-state index contributed by atoms with van der Waals surface area (Å²) in [5.41, 5.74) is 0.992. The van der Waals surface area contributed by atoms with Crippen molar-refractivity contribution < 1.29 is 5.11 Å². The van der Waals surface area contributed by atoms with Crippen molar-refractivity contribution in [3.05, 3.63) is 35.9 Å². The van der Waals surface area contributed by atoms with Gasteiger partial charge in [-0.15, -0.1) is 0 Å². The lowest BCUT2D eigenvalue weighted by molar-refractivity contribution is 0.227. The largest absolute Gasteiger partial charge is 0.394 e. The summed E-state index contributed by atoms with van der Waals surface area (Å²) in [4.78, 5) is 0.698. The molecule has 0 saturated carbocycles. The number of aliphatic hydroxyl groups excluding tert-OH is 1. The first-order valence-electron chi connectivity index (χ1n) is 5.12. The molecule has 1 aromatic rings. The van der Waals surface area contributed by atoms with Gasteiger partial charge in [0.1, 0.15) is 4.99 Å². The van der Waals surface area contributed by atoms with Crippen molar-refractivity contribution in [1.82, 2.24) is 5.32 Å². The Labute approximate surface area is 96.3 Å². The van der Waals surface area contributed by atoms with E-state index in [0.717, 1.165) is 5.56 Å². The lowest BCUT2D eigenvalue weighted by Gasteiger charge is -2.21. The smallest absolute Gasteiger partial charge is 0.106 e. The van der Waals surface area contributed by atoms with E-state index in [-0.39, 0.29) is 12.6 Å². The molecule has 15 heavy (non-hydrogen) atoms. The second kappa shape index (κ2) is 5.83. The summed E-state index contributed by atoms with van der Waals surface area (Å²) >= 11 is 5.26. The summed E-state index contributed by atoms with van der Waals surface area (Å²) in [6.45, 7) is 4.22. The van der Waals surface area contributed by atoms with Gasteiger partial charge >= 0.3 is 0 Å². The van der Waals surface area contributed by atoms with Gasteiger partial charge in [-0.2, -0.15) is 0 Å². The Kier molecular flexibility index (Phi) is 4.72. The molecule has 1 atom stereocenters. The number of thiocarbonyl (C=S) groups is 1. The highest BCUT2D eigenvalue weighted by atomic mass is 32.1. The number of benzene rings is 1. The molecule has 2 N–H and O–H groups in total. The third-order valence-electron chi connectivity index (χ3n) is 2.35. The van der Waals surface area contributed by atoms with Gasteiger partial charge in [-0.25, -0.2) is 0 Å². The van der Waals surface area contributed by atoms with Crippen LogP contribution in [0.25, 0.3) is 0 Å². The first-order chi connectivity index (χ1) is 7.15. The molecule has 0 aliphatic carbocycles. The highest BCUT2D eigenvalue weighted by molar-refractivity contribution is 7.80. The average molecular weight is 223 g/mol. The Bertz CT molecular complexity index is 311. The van der Waals surface area contributed by atoms with E-state index in [0.29, 0.717) is 10.9 Å². The monoisotopic (exact) mass is 223 g/mol. The van der Waals surface area contributed by atoms with E-state index >= 15 is 0 Å². The van der Waals surface area contributed by atoms with Gasteiger partial charge in [0.15, 0.2) is 0 Å². The Balaban J connectivity index is 2.63. The van der Waals surface area contributed by atoms with E-state index in [9.17, 15) is 5.11 Å². The van der Waals surface area contributed by atoms with Crippen LogP contribution < -0.4 is 5.32 Å². The van der Waals surface area contributed by atoms with Gasteiger partial charge < -0.3 is 10.4 Å². The van der Waals surface area contributed by atoms with Gasteiger partial charge in [-0.05, 0) is 5.92 Å². The second-order valence-electron chi connectivity index (χ2n) is 3.87. The number of hydrogen-bond donors (Lipinski definition) is 2. The van der Waals surface area contributed by atoms with Crippen LogP contribution in [0, 0.1) is 5.92 Å². The minimum atomic E-state index is 0.0257. The summed E-state index contributed by atoms with van der Waals surface area (Å²) in [7, 11) is 0. The maximum absolute atomic E-state index is 9.17. The molecule has 3 heteroatoms. The van der Waals surface area contributed by atoms with Crippen LogP contribution in [0.4, 0.5) is 0 Å². The molecular weight excluding hydrogens is 206 g/mol. The molecule has 0 radical (unpaired) electrons.